The second-order valence-corrected chi connectivity index (χ2v) is 7.00. The summed E-state index contributed by atoms with van der Waals surface area (Å²) >= 11 is 0. The SMILES string of the molecule is CNC(C(=O)NCc1ccc(-c2ccc3c(c2)CCO3)cc1)c1cnn(C)c1. The predicted molar refractivity (Wildman–Crippen MR) is 108 cm³/mol. The molecule has 144 valence electrons. The summed E-state index contributed by atoms with van der Waals surface area (Å²) < 4.78 is 7.27. The fourth-order valence-electron chi connectivity index (χ4n) is 3.51. The van der Waals surface area contributed by atoms with Crippen LogP contribution in [0.2, 0.25) is 0 Å². The van der Waals surface area contributed by atoms with E-state index in [1.807, 2.05) is 19.3 Å². The highest BCUT2D eigenvalue weighted by Crippen LogP contribution is 2.30. The topological polar surface area (TPSA) is 68.2 Å². The van der Waals surface area contributed by atoms with E-state index in [4.69, 9.17) is 4.74 Å². The molecule has 28 heavy (non-hydrogen) atoms. The number of fused-ring (bicyclic) bond motifs is 1. The van der Waals surface area contributed by atoms with Gasteiger partial charge in [0.2, 0.25) is 5.91 Å². The lowest BCUT2D eigenvalue weighted by molar-refractivity contribution is -0.123. The molecule has 0 bridgehead atoms. The first-order valence-electron chi connectivity index (χ1n) is 9.42. The first-order chi connectivity index (χ1) is 13.6. The van der Waals surface area contributed by atoms with Crippen LogP contribution >= 0.6 is 0 Å². The summed E-state index contributed by atoms with van der Waals surface area (Å²) in [6, 6.07) is 14.2. The molecule has 3 aromatic rings. The van der Waals surface area contributed by atoms with E-state index in [1.54, 1.807) is 17.9 Å². The highest BCUT2D eigenvalue weighted by molar-refractivity contribution is 5.83. The molecule has 2 N–H and O–H groups in total. The molecule has 2 aromatic carbocycles. The number of benzene rings is 2. The molecule has 1 atom stereocenters. The van der Waals surface area contributed by atoms with Crippen molar-refractivity contribution in [2.45, 2.75) is 19.0 Å². The van der Waals surface area contributed by atoms with E-state index < -0.39 is 6.04 Å². The van der Waals surface area contributed by atoms with E-state index in [1.165, 1.54) is 11.1 Å². The maximum absolute atomic E-state index is 12.5. The molecular weight excluding hydrogens is 352 g/mol. The van der Waals surface area contributed by atoms with E-state index in [2.05, 4.69) is 52.1 Å². The third kappa shape index (κ3) is 3.77. The van der Waals surface area contributed by atoms with E-state index >= 15 is 0 Å². The molecule has 0 spiro atoms. The Morgan fingerprint density at radius 1 is 1.21 bits per heavy atom. The van der Waals surface area contributed by atoms with Crippen LogP contribution in [0.3, 0.4) is 0 Å². The number of nitrogens with zero attached hydrogens (tertiary/aromatic N) is 2. The summed E-state index contributed by atoms with van der Waals surface area (Å²) in [5.41, 5.74) is 5.52. The van der Waals surface area contributed by atoms with Gasteiger partial charge in [-0.1, -0.05) is 30.3 Å². The summed E-state index contributed by atoms with van der Waals surface area (Å²) in [5, 5.41) is 10.2. The number of hydrogen-bond donors (Lipinski definition) is 2. The van der Waals surface area contributed by atoms with Gasteiger partial charge >= 0.3 is 0 Å². The minimum absolute atomic E-state index is 0.0711. The zero-order valence-electron chi connectivity index (χ0n) is 16.1. The lowest BCUT2D eigenvalue weighted by atomic mass is 10.0. The van der Waals surface area contributed by atoms with Gasteiger partial charge in [0, 0.05) is 31.8 Å². The van der Waals surface area contributed by atoms with Crippen LogP contribution in [0.5, 0.6) is 5.75 Å². The molecule has 4 rings (SSSR count). The second kappa shape index (κ2) is 7.86. The molecule has 0 fully saturated rings. The molecule has 1 amide bonds. The Bertz CT molecular complexity index is 978. The van der Waals surface area contributed by atoms with Gasteiger partial charge in [0.15, 0.2) is 0 Å². The molecule has 1 aliphatic rings. The van der Waals surface area contributed by atoms with Gasteiger partial charge in [-0.25, -0.2) is 0 Å². The molecule has 2 heterocycles. The molecule has 6 heteroatoms. The zero-order valence-corrected chi connectivity index (χ0v) is 16.1. The monoisotopic (exact) mass is 376 g/mol. The third-order valence-corrected chi connectivity index (χ3v) is 5.05. The normalized spacial score (nSPS) is 13.6. The summed E-state index contributed by atoms with van der Waals surface area (Å²) in [4.78, 5) is 12.5. The summed E-state index contributed by atoms with van der Waals surface area (Å²) in [7, 11) is 3.61. The van der Waals surface area contributed by atoms with Gasteiger partial charge in [-0.15, -0.1) is 0 Å². The second-order valence-electron chi connectivity index (χ2n) is 7.00. The molecule has 0 saturated heterocycles. The van der Waals surface area contributed by atoms with Crippen molar-refractivity contribution >= 4 is 5.91 Å². The number of aryl methyl sites for hydroxylation is 1. The standard InChI is InChI=1S/C22H24N4O2/c1-23-21(19-13-25-26(2)14-19)22(27)24-12-15-3-5-16(6-4-15)17-7-8-20-18(11-17)9-10-28-20/h3-8,11,13-14,21,23H,9-10,12H2,1-2H3,(H,24,27). The van der Waals surface area contributed by atoms with Crippen molar-refractivity contribution in [1.29, 1.82) is 0 Å². The van der Waals surface area contributed by atoms with Crippen molar-refractivity contribution in [1.82, 2.24) is 20.4 Å². The maximum atomic E-state index is 12.5. The average Bonchev–Trinajstić information content (AvgIpc) is 3.35. The van der Waals surface area contributed by atoms with Gasteiger partial charge in [0.1, 0.15) is 11.8 Å². The minimum atomic E-state index is -0.415. The lowest BCUT2D eigenvalue weighted by Gasteiger charge is -2.14. The molecule has 0 saturated carbocycles. The van der Waals surface area contributed by atoms with Crippen LogP contribution in [0.15, 0.2) is 54.9 Å². The van der Waals surface area contributed by atoms with Gasteiger partial charge < -0.3 is 15.4 Å². The van der Waals surface area contributed by atoms with E-state index in [0.29, 0.717) is 6.54 Å². The quantitative estimate of drug-likeness (QED) is 0.694. The average molecular weight is 376 g/mol. The van der Waals surface area contributed by atoms with Gasteiger partial charge in [-0.05, 0) is 41.4 Å². The van der Waals surface area contributed by atoms with Crippen molar-refractivity contribution < 1.29 is 9.53 Å². The highest BCUT2D eigenvalue weighted by Gasteiger charge is 2.19. The molecule has 0 aliphatic carbocycles. The fourth-order valence-corrected chi connectivity index (χ4v) is 3.51. The van der Waals surface area contributed by atoms with Gasteiger partial charge in [-0.3, -0.25) is 9.48 Å². The Balaban J connectivity index is 1.40. The number of hydrogen-bond acceptors (Lipinski definition) is 4. The predicted octanol–water partition coefficient (Wildman–Crippen LogP) is 2.60. The molecule has 0 radical (unpaired) electrons. The Labute approximate surface area is 164 Å². The number of carbonyl (C=O) groups is 1. The van der Waals surface area contributed by atoms with Crippen molar-refractivity contribution in [3.05, 3.63) is 71.5 Å². The first kappa shape index (κ1) is 18.3. The number of aromatic nitrogens is 2. The van der Waals surface area contributed by atoms with Crippen LogP contribution < -0.4 is 15.4 Å². The van der Waals surface area contributed by atoms with Crippen molar-refractivity contribution in [2.75, 3.05) is 13.7 Å². The Morgan fingerprint density at radius 2 is 2.00 bits per heavy atom. The van der Waals surface area contributed by atoms with E-state index in [0.717, 1.165) is 35.5 Å². The van der Waals surface area contributed by atoms with Crippen LogP contribution in [0.1, 0.15) is 22.7 Å². The number of rotatable bonds is 6. The van der Waals surface area contributed by atoms with Crippen molar-refractivity contribution in [2.24, 2.45) is 7.05 Å². The fraction of sp³-hybridized carbons (Fsp3) is 0.273. The Kier molecular flexibility index (Phi) is 5.12. The largest absolute Gasteiger partial charge is 0.493 e. The summed E-state index contributed by atoms with van der Waals surface area (Å²) in [6.07, 6.45) is 4.52. The van der Waals surface area contributed by atoms with Crippen LogP contribution in [0.25, 0.3) is 11.1 Å². The van der Waals surface area contributed by atoms with Crippen LogP contribution in [0.4, 0.5) is 0 Å². The van der Waals surface area contributed by atoms with Gasteiger partial charge in [0.05, 0.1) is 12.8 Å². The molecule has 1 aliphatic heterocycles. The minimum Gasteiger partial charge on any atom is -0.493 e. The zero-order chi connectivity index (χ0) is 19.5. The van der Waals surface area contributed by atoms with Crippen LogP contribution in [-0.2, 0) is 24.8 Å². The molecule has 1 unspecified atom stereocenters. The molecule has 1 aromatic heterocycles. The van der Waals surface area contributed by atoms with E-state index in [-0.39, 0.29) is 5.91 Å². The van der Waals surface area contributed by atoms with Crippen molar-refractivity contribution in [3.8, 4) is 16.9 Å². The van der Waals surface area contributed by atoms with Crippen LogP contribution in [0, 0.1) is 0 Å². The molecular formula is C22H24N4O2. The van der Waals surface area contributed by atoms with E-state index in [9.17, 15) is 4.79 Å². The summed E-state index contributed by atoms with van der Waals surface area (Å²) in [5.74, 6) is 0.925. The maximum Gasteiger partial charge on any atom is 0.242 e. The van der Waals surface area contributed by atoms with Gasteiger partial charge in [-0.2, -0.15) is 5.10 Å². The Morgan fingerprint density at radius 3 is 2.71 bits per heavy atom. The first-order valence-corrected chi connectivity index (χ1v) is 9.42. The van der Waals surface area contributed by atoms with Crippen LogP contribution in [-0.4, -0.2) is 29.3 Å². The Hall–Kier alpha value is -3.12. The number of nitrogens with one attached hydrogen (secondary N) is 2. The molecule has 6 nitrogen and oxygen atoms in total. The third-order valence-electron chi connectivity index (χ3n) is 5.05. The lowest BCUT2D eigenvalue weighted by Crippen LogP contribution is -2.35. The number of ether oxygens (including phenoxy) is 1. The highest BCUT2D eigenvalue weighted by atomic mass is 16.5. The number of amides is 1. The van der Waals surface area contributed by atoms with Gasteiger partial charge in [0.25, 0.3) is 0 Å². The summed E-state index contributed by atoms with van der Waals surface area (Å²) in [6.45, 7) is 1.25. The smallest absolute Gasteiger partial charge is 0.242 e. The number of likely N-dealkylation sites (N-methyl/N-ethyl adjacent to an activating group) is 1. The van der Waals surface area contributed by atoms with Crippen molar-refractivity contribution in [3.63, 3.8) is 0 Å². The number of carbonyl (C=O) groups excluding carboxylic acids is 1.